The summed E-state index contributed by atoms with van der Waals surface area (Å²) in [4.78, 5) is 25.0. The molecule has 0 saturated heterocycles. The van der Waals surface area contributed by atoms with Crippen LogP contribution < -0.4 is 15.4 Å². The van der Waals surface area contributed by atoms with Gasteiger partial charge in [0.1, 0.15) is 23.5 Å². The largest absolute Gasteiger partial charge is 0.489 e. The highest BCUT2D eigenvalue weighted by Gasteiger charge is 2.16. The van der Waals surface area contributed by atoms with Crippen molar-refractivity contribution in [1.29, 1.82) is 0 Å². The van der Waals surface area contributed by atoms with Gasteiger partial charge in [-0.3, -0.25) is 9.59 Å². The first-order valence-corrected chi connectivity index (χ1v) is 10.2. The molecule has 3 aromatic rings. The topological polar surface area (TPSA) is 87.7 Å². The van der Waals surface area contributed by atoms with Crippen LogP contribution in [0.15, 0.2) is 72.8 Å². The molecule has 8 heteroatoms. The molecular weight excluding hydrogens is 439 g/mol. The molecule has 0 bridgehead atoms. The Morgan fingerprint density at radius 3 is 2.39 bits per heavy atom. The maximum Gasteiger partial charge on any atom is 0.255 e. The minimum Gasteiger partial charge on any atom is -0.489 e. The Morgan fingerprint density at radius 1 is 0.903 bits per heavy atom. The van der Waals surface area contributed by atoms with Gasteiger partial charge in [0.25, 0.3) is 11.8 Å². The Labute approximate surface area is 189 Å². The molecule has 0 aromatic heterocycles. The van der Waals surface area contributed by atoms with E-state index in [1.807, 2.05) is 6.07 Å². The molecule has 1 atom stereocenters. The second kappa shape index (κ2) is 10.8. The fourth-order valence-electron chi connectivity index (χ4n) is 2.72. The summed E-state index contributed by atoms with van der Waals surface area (Å²) in [5, 5.41) is 16.1. The molecule has 6 nitrogen and oxygen atoms in total. The standard InChI is InChI=1S/C23H20Cl2N2O4/c24-18-10-6-12-20(21(18)25)31-14-16(28)13-26-23(30)17-9-4-5-11-19(17)27-22(29)15-7-2-1-3-8-15/h1-12,16,28H,13-14H2,(H,26,30)(H,27,29). The van der Waals surface area contributed by atoms with E-state index >= 15 is 0 Å². The highest BCUT2D eigenvalue weighted by Crippen LogP contribution is 2.31. The maximum absolute atomic E-state index is 12.6. The van der Waals surface area contributed by atoms with E-state index in [0.717, 1.165) is 0 Å². The summed E-state index contributed by atoms with van der Waals surface area (Å²) in [5.41, 5.74) is 1.12. The lowest BCUT2D eigenvalue weighted by Crippen LogP contribution is -2.35. The summed E-state index contributed by atoms with van der Waals surface area (Å²) in [5.74, 6) is -0.426. The van der Waals surface area contributed by atoms with Crippen LogP contribution in [0, 0.1) is 0 Å². The van der Waals surface area contributed by atoms with Gasteiger partial charge in [0, 0.05) is 12.1 Å². The van der Waals surface area contributed by atoms with E-state index in [-0.39, 0.29) is 29.6 Å². The van der Waals surface area contributed by atoms with Crippen LogP contribution in [0.25, 0.3) is 0 Å². The van der Waals surface area contributed by atoms with Crippen LogP contribution in [0.3, 0.4) is 0 Å². The van der Waals surface area contributed by atoms with Crippen molar-refractivity contribution in [3.8, 4) is 5.75 Å². The zero-order valence-electron chi connectivity index (χ0n) is 16.3. The average molecular weight is 459 g/mol. The number of para-hydroxylation sites is 1. The minimum absolute atomic E-state index is 0.0576. The van der Waals surface area contributed by atoms with Crippen LogP contribution in [0.4, 0.5) is 5.69 Å². The Balaban J connectivity index is 1.57. The fourth-order valence-corrected chi connectivity index (χ4v) is 3.07. The summed E-state index contributed by atoms with van der Waals surface area (Å²) in [6.45, 7) is -0.148. The van der Waals surface area contributed by atoms with Gasteiger partial charge < -0.3 is 20.5 Å². The van der Waals surface area contributed by atoms with Crippen LogP contribution in [-0.4, -0.2) is 36.2 Å². The lowest BCUT2D eigenvalue weighted by Gasteiger charge is -2.15. The van der Waals surface area contributed by atoms with Gasteiger partial charge in [0.15, 0.2) is 0 Å². The number of rotatable bonds is 8. The van der Waals surface area contributed by atoms with E-state index in [1.54, 1.807) is 66.7 Å². The molecule has 0 spiro atoms. The molecule has 2 amide bonds. The predicted octanol–water partition coefficient (Wildman–Crippen LogP) is 4.42. The van der Waals surface area contributed by atoms with Gasteiger partial charge in [-0.1, -0.05) is 59.6 Å². The third-order valence-electron chi connectivity index (χ3n) is 4.30. The van der Waals surface area contributed by atoms with E-state index in [0.29, 0.717) is 22.0 Å². The van der Waals surface area contributed by atoms with Crippen molar-refractivity contribution in [2.24, 2.45) is 0 Å². The molecule has 31 heavy (non-hydrogen) atoms. The number of aliphatic hydroxyl groups is 1. The number of carbonyl (C=O) groups is 2. The number of ether oxygens (including phenoxy) is 1. The molecule has 0 aliphatic heterocycles. The van der Waals surface area contributed by atoms with Crippen LogP contribution in [0.1, 0.15) is 20.7 Å². The van der Waals surface area contributed by atoms with Crippen molar-refractivity contribution >= 4 is 40.7 Å². The van der Waals surface area contributed by atoms with Gasteiger partial charge in [-0.05, 0) is 36.4 Å². The normalized spacial score (nSPS) is 11.5. The second-order valence-corrected chi connectivity index (χ2v) is 7.38. The van der Waals surface area contributed by atoms with Crippen LogP contribution in [0.2, 0.25) is 10.0 Å². The fraction of sp³-hybridized carbons (Fsp3) is 0.130. The number of anilines is 1. The van der Waals surface area contributed by atoms with Crippen LogP contribution >= 0.6 is 23.2 Å². The summed E-state index contributed by atoms with van der Waals surface area (Å²) in [6.07, 6.45) is -0.981. The SMILES string of the molecule is O=C(Nc1ccccc1C(=O)NCC(O)COc1cccc(Cl)c1Cl)c1ccccc1. The first kappa shape index (κ1) is 22.6. The number of hydrogen-bond acceptors (Lipinski definition) is 4. The van der Waals surface area contributed by atoms with Crippen molar-refractivity contribution < 1.29 is 19.4 Å². The molecule has 0 saturated carbocycles. The Hall–Kier alpha value is -3.06. The Bertz CT molecular complexity index is 1060. The Kier molecular flexibility index (Phi) is 7.89. The Morgan fingerprint density at radius 2 is 1.61 bits per heavy atom. The molecule has 160 valence electrons. The zero-order chi connectivity index (χ0) is 22.2. The third-order valence-corrected chi connectivity index (χ3v) is 5.10. The quantitative estimate of drug-likeness (QED) is 0.466. The molecule has 3 N–H and O–H groups in total. The second-order valence-electron chi connectivity index (χ2n) is 6.59. The number of aliphatic hydroxyl groups excluding tert-OH is 1. The van der Waals surface area contributed by atoms with E-state index in [2.05, 4.69) is 10.6 Å². The third kappa shape index (κ3) is 6.21. The first-order valence-electron chi connectivity index (χ1n) is 9.44. The molecule has 3 rings (SSSR count). The van der Waals surface area contributed by atoms with Gasteiger partial charge in [0.05, 0.1) is 16.3 Å². The number of nitrogens with one attached hydrogen (secondary N) is 2. The summed E-state index contributed by atoms with van der Waals surface area (Å²) >= 11 is 12.0. The van der Waals surface area contributed by atoms with Crippen molar-refractivity contribution in [3.05, 3.63) is 94.0 Å². The minimum atomic E-state index is -0.981. The smallest absolute Gasteiger partial charge is 0.255 e. The number of benzene rings is 3. The number of carbonyl (C=O) groups excluding carboxylic acids is 2. The highest BCUT2D eigenvalue weighted by molar-refractivity contribution is 6.42. The van der Waals surface area contributed by atoms with Crippen LogP contribution in [-0.2, 0) is 0 Å². The summed E-state index contributed by atoms with van der Waals surface area (Å²) in [6, 6.07) is 20.3. The van der Waals surface area contributed by atoms with Crippen molar-refractivity contribution in [2.75, 3.05) is 18.5 Å². The monoisotopic (exact) mass is 458 g/mol. The van der Waals surface area contributed by atoms with Gasteiger partial charge in [-0.15, -0.1) is 0 Å². The predicted molar refractivity (Wildman–Crippen MR) is 121 cm³/mol. The molecule has 0 aliphatic carbocycles. The highest BCUT2D eigenvalue weighted by atomic mass is 35.5. The first-order chi connectivity index (χ1) is 15.0. The van der Waals surface area contributed by atoms with Gasteiger partial charge in [-0.2, -0.15) is 0 Å². The lowest BCUT2D eigenvalue weighted by molar-refractivity contribution is 0.0844. The van der Waals surface area contributed by atoms with E-state index in [1.165, 1.54) is 0 Å². The van der Waals surface area contributed by atoms with Gasteiger partial charge >= 0.3 is 0 Å². The van der Waals surface area contributed by atoms with Crippen molar-refractivity contribution in [1.82, 2.24) is 5.32 Å². The van der Waals surface area contributed by atoms with E-state index < -0.39 is 12.0 Å². The average Bonchev–Trinajstić information content (AvgIpc) is 2.79. The molecular formula is C23H20Cl2N2O4. The van der Waals surface area contributed by atoms with Crippen molar-refractivity contribution in [3.63, 3.8) is 0 Å². The number of hydrogen-bond donors (Lipinski definition) is 3. The van der Waals surface area contributed by atoms with E-state index in [4.69, 9.17) is 27.9 Å². The molecule has 0 fully saturated rings. The summed E-state index contributed by atoms with van der Waals surface area (Å²) in [7, 11) is 0. The number of amides is 2. The summed E-state index contributed by atoms with van der Waals surface area (Å²) < 4.78 is 5.47. The molecule has 1 unspecified atom stereocenters. The molecule has 0 aliphatic rings. The van der Waals surface area contributed by atoms with E-state index in [9.17, 15) is 14.7 Å². The van der Waals surface area contributed by atoms with Gasteiger partial charge in [0.2, 0.25) is 0 Å². The maximum atomic E-state index is 12.6. The molecule has 0 radical (unpaired) electrons. The number of halogens is 2. The zero-order valence-corrected chi connectivity index (χ0v) is 17.9. The van der Waals surface area contributed by atoms with Gasteiger partial charge in [-0.25, -0.2) is 0 Å². The lowest BCUT2D eigenvalue weighted by atomic mass is 10.1. The molecule has 3 aromatic carbocycles. The van der Waals surface area contributed by atoms with Crippen molar-refractivity contribution in [2.45, 2.75) is 6.10 Å². The van der Waals surface area contributed by atoms with Crippen LogP contribution in [0.5, 0.6) is 5.75 Å². The molecule has 0 heterocycles.